The van der Waals surface area contributed by atoms with Gasteiger partial charge in [0.05, 0.1) is 18.5 Å². The number of hydrogen-bond acceptors (Lipinski definition) is 5. The molecule has 0 unspecified atom stereocenters. The maximum absolute atomic E-state index is 9.63. The summed E-state index contributed by atoms with van der Waals surface area (Å²) in [5.41, 5.74) is 6.05. The molecule has 0 fully saturated rings. The second-order valence-electron chi connectivity index (χ2n) is 3.00. The first-order valence-electron chi connectivity index (χ1n) is 4.55. The average molecular weight is 200 g/mol. The van der Waals surface area contributed by atoms with Crippen LogP contribution in [-0.2, 0) is 11.3 Å². The molecule has 1 atom stereocenters. The Bertz CT molecular complexity index is 264. The molecule has 1 heterocycles. The van der Waals surface area contributed by atoms with Gasteiger partial charge in [0.2, 0.25) is 0 Å². The summed E-state index contributed by atoms with van der Waals surface area (Å²) in [7, 11) is 1.54. The lowest BCUT2D eigenvalue weighted by Crippen LogP contribution is -2.14. The predicted molar refractivity (Wildman–Crippen MR) is 50.5 cm³/mol. The van der Waals surface area contributed by atoms with Gasteiger partial charge in [0.1, 0.15) is 6.10 Å². The molecule has 0 aliphatic carbocycles. The van der Waals surface area contributed by atoms with E-state index in [9.17, 15) is 5.11 Å². The third kappa shape index (κ3) is 2.76. The number of aliphatic hydroxyl groups excluding tert-OH is 1. The van der Waals surface area contributed by atoms with E-state index in [2.05, 4.69) is 10.3 Å². The van der Waals surface area contributed by atoms with Gasteiger partial charge >= 0.3 is 0 Å². The molecule has 1 aromatic heterocycles. The van der Waals surface area contributed by atoms with Crippen LogP contribution >= 0.6 is 0 Å². The Morgan fingerprint density at radius 1 is 1.71 bits per heavy atom. The molecule has 0 radical (unpaired) electrons. The van der Waals surface area contributed by atoms with Crippen LogP contribution in [0.25, 0.3) is 0 Å². The van der Waals surface area contributed by atoms with Gasteiger partial charge in [0, 0.05) is 13.7 Å². The van der Waals surface area contributed by atoms with Gasteiger partial charge in [-0.05, 0) is 13.0 Å². The van der Waals surface area contributed by atoms with Crippen molar-refractivity contribution in [2.24, 2.45) is 5.73 Å². The Balaban J connectivity index is 2.61. The van der Waals surface area contributed by atoms with E-state index in [1.165, 1.54) is 7.11 Å². The first-order chi connectivity index (χ1) is 6.79. The molecule has 0 aliphatic rings. The third-order valence-corrected chi connectivity index (χ3v) is 1.89. The number of aryl methyl sites for hydroxylation is 1. The highest BCUT2D eigenvalue weighted by Gasteiger charge is 2.13. The number of ether oxygens (including phenoxy) is 1. The van der Waals surface area contributed by atoms with Crippen LogP contribution in [0.5, 0.6) is 0 Å². The highest BCUT2D eigenvalue weighted by Crippen LogP contribution is 2.10. The van der Waals surface area contributed by atoms with Crippen LogP contribution in [0.1, 0.15) is 18.2 Å². The SMILES string of the molecule is COC[C@@H](O)c1cnnn1CCCN. The quantitative estimate of drug-likeness (QED) is 0.634. The number of methoxy groups -OCH3 is 1. The van der Waals surface area contributed by atoms with Crippen LogP contribution in [-0.4, -0.2) is 40.4 Å². The summed E-state index contributed by atoms with van der Waals surface area (Å²) in [5.74, 6) is 0. The van der Waals surface area contributed by atoms with Gasteiger partial charge in [0.15, 0.2) is 0 Å². The standard InChI is InChI=1S/C8H16N4O2/c1-14-6-8(13)7-5-10-11-12(7)4-2-3-9/h5,8,13H,2-4,6,9H2,1H3/t8-/m1/s1. The van der Waals surface area contributed by atoms with E-state index in [-0.39, 0.29) is 6.61 Å². The van der Waals surface area contributed by atoms with Gasteiger partial charge in [-0.1, -0.05) is 5.21 Å². The van der Waals surface area contributed by atoms with Crippen LogP contribution < -0.4 is 5.73 Å². The lowest BCUT2D eigenvalue weighted by atomic mass is 10.3. The molecule has 1 rings (SSSR count). The second kappa shape index (κ2) is 5.69. The van der Waals surface area contributed by atoms with Crippen LogP contribution in [0, 0.1) is 0 Å². The summed E-state index contributed by atoms with van der Waals surface area (Å²) in [6.45, 7) is 1.52. The van der Waals surface area contributed by atoms with Crippen LogP contribution in [0.15, 0.2) is 6.20 Å². The monoisotopic (exact) mass is 200 g/mol. The zero-order valence-corrected chi connectivity index (χ0v) is 8.26. The van der Waals surface area contributed by atoms with Crippen LogP contribution in [0.3, 0.4) is 0 Å². The summed E-state index contributed by atoms with van der Waals surface area (Å²) in [5, 5.41) is 17.2. The van der Waals surface area contributed by atoms with Gasteiger partial charge in [0.25, 0.3) is 0 Å². The molecule has 0 spiro atoms. The number of nitrogens with two attached hydrogens (primary N) is 1. The van der Waals surface area contributed by atoms with E-state index < -0.39 is 6.10 Å². The molecule has 0 aliphatic heterocycles. The number of aromatic nitrogens is 3. The molecule has 1 aromatic rings. The summed E-state index contributed by atoms with van der Waals surface area (Å²) >= 11 is 0. The van der Waals surface area contributed by atoms with Gasteiger partial charge < -0.3 is 15.6 Å². The lowest BCUT2D eigenvalue weighted by Gasteiger charge is -2.10. The van der Waals surface area contributed by atoms with Gasteiger partial charge in [-0.2, -0.15) is 0 Å². The minimum atomic E-state index is -0.673. The molecule has 14 heavy (non-hydrogen) atoms. The zero-order chi connectivity index (χ0) is 10.4. The fourth-order valence-electron chi connectivity index (χ4n) is 1.18. The van der Waals surface area contributed by atoms with Crippen molar-refractivity contribution >= 4 is 0 Å². The fraction of sp³-hybridized carbons (Fsp3) is 0.750. The molecule has 6 nitrogen and oxygen atoms in total. The fourth-order valence-corrected chi connectivity index (χ4v) is 1.18. The topological polar surface area (TPSA) is 86.2 Å². The Morgan fingerprint density at radius 2 is 2.50 bits per heavy atom. The highest BCUT2D eigenvalue weighted by atomic mass is 16.5. The number of nitrogens with zero attached hydrogens (tertiary/aromatic N) is 3. The minimum Gasteiger partial charge on any atom is -0.384 e. The van der Waals surface area contributed by atoms with Crippen molar-refractivity contribution in [2.75, 3.05) is 20.3 Å². The minimum absolute atomic E-state index is 0.246. The smallest absolute Gasteiger partial charge is 0.120 e. The van der Waals surface area contributed by atoms with Crippen LogP contribution in [0.4, 0.5) is 0 Å². The summed E-state index contributed by atoms with van der Waals surface area (Å²) in [6, 6.07) is 0. The van der Waals surface area contributed by atoms with E-state index in [1.807, 2.05) is 0 Å². The molecule has 6 heteroatoms. The second-order valence-corrected chi connectivity index (χ2v) is 3.00. The van der Waals surface area contributed by atoms with Crippen molar-refractivity contribution in [1.82, 2.24) is 15.0 Å². The van der Waals surface area contributed by atoms with E-state index >= 15 is 0 Å². The molecule has 0 aromatic carbocycles. The molecular weight excluding hydrogens is 184 g/mol. The summed E-state index contributed by atoms with van der Waals surface area (Å²) in [4.78, 5) is 0. The number of aliphatic hydroxyl groups is 1. The number of rotatable bonds is 6. The molecule has 3 N–H and O–H groups in total. The summed E-state index contributed by atoms with van der Waals surface area (Å²) in [6.07, 6.45) is 1.68. The maximum atomic E-state index is 9.63. The van der Waals surface area contributed by atoms with Gasteiger partial charge in [-0.15, -0.1) is 5.10 Å². The third-order valence-electron chi connectivity index (χ3n) is 1.89. The van der Waals surface area contributed by atoms with E-state index in [0.717, 1.165) is 6.42 Å². The molecule has 0 saturated heterocycles. The first-order valence-corrected chi connectivity index (χ1v) is 4.55. The molecular formula is C8H16N4O2. The van der Waals surface area contributed by atoms with Crippen molar-refractivity contribution in [3.8, 4) is 0 Å². The van der Waals surface area contributed by atoms with Crippen molar-refractivity contribution in [2.45, 2.75) is 19.1 Å². The van der Waals surface area contributed by atoms with Crippen molar-refractivity contribution in [3.63, 3.8) is 0 Å². The molecule has 0 bridgehead atoms. The largest absolute Gasteiger partial charge is 0.384 e. The van der Waals surface area contributed by atoms with Crippen molar-refractivity contribution < 1.29 is 9.84 Å². The van der Waals surface area contributed by atoms with Crippen LogP contribution in [0.2, 0.25) is 0 Å². The van der Waals surface area contributed by atoms with Crippen molar-refractivity contribution in [1.29, 1.82) is 0 Å². The Morgan fingerprint density at radius 3 is 3.14 bits per heavy atom. The lowest BCUT2D eigenvalue weighted by molar-refractivity contribution is 0.0585. The van der Waals surface area contributed by atoms with E-state index in [0.29, 0.717) is 18.8 Å². The summed E-state index contributed by atoms with van der Waals surface area (Å²) < 4.78 is 6.49. The first kappa shape index (κ1) is 11.1. The molecule has 0 saturated carbocycles. The zero-order valence-electron chi connectivity index (χ0n) is 8.26. The van der Waals surface area contributed by atoms with Crippen molar-refractivity contribution in [3.05, 3.63) is 11.9 Å². The van der Waals surface area contributed by atoms with E-state index in [1.54, 1.807) is 10.9 Å². The average Bonchev–Trinajstić information content (AvgIpc) is 2.63. The van der Waals surface area contributed by atoms with E-state index in [4.69, 9.17) is 10.5 Å². The predicted octanol–water partition coefficient (Wildman–Crippen LogP) is -0.693. The highest BCUT2D eigenvalue weighted by molar-refractivity contribution is 4.98. The van der Waals surface area contributed by atoms with Gasteiger partial charge in [-0.25, -0.2) is 4.68 Å². The van der Waals surface area contributed by atoms with Gasteiger partial charge in [-0.3, -0.25) is 0 Å². The molecule has 80 valence electrons. The Labute approximate surface area is 82.7 Å². The Hall–Kier alpha value is -0.980. The maximum Gasteiger partial charge on any atom is 0.120 e. The molecule has 0 amide bonds. The normalized spacial score (nSPS) is 13.1. The Kier molecular flexibility index (Phi) is 4.51. The number of hydrogen-bond donors (Lipinski definition) is 2.